The van der Waals surface area contributed by atoms with Crippen LogP contribution in [0.2, 0.25) is 0 Å². The molecule has 0 amide bonds. The lowest BCUT2D eigenvalue weighted by Gasteiger charge is -2.66. The third-order valence-electron chi connectivity index (χ3n) is 9.81. The number of nitrogens with zero attached hydrogens (tertiary/aromatic N) is 1. The van der Waals surface area contributed by atoms with Gasteiger partial charge in [-0.05, 0) is 89.3 Å². The number of benzene rings is 1. The smallest absolute Gasteiger partial charge is 0.323 e. The van der Waals surface area contributed by atoms with E-state index in [9.17, 15) is 9.90 Å². The minimum atomic E-state index is -0.547. The molecule has 2 heterocycles. The number of methoxy groups -OCH3 is 1. The molecule has 1 saturated heterocycles. The molecule has 204 valence electrons. The predicted octanol–water partition coefficient (Wildman–Crippen LogP) is 3.93. The lowest BCUT2D eigenvalue weighted by Crippen LogP contribution is -2.79. The summed E-state index contributed by atoms with van der Waals surface area (Å²) in [5, 5.41) is 14.7. The normalized spacial score (nSPS) is 35.2. The number of hydrogen-bond donors (Lipinski definition) is 2. The molecule has 7 nitrogen and oxygen atoms in total. The monoisotopic (exact) mass is 512 g/mol. The van der Waals surface area contributed by atoms with Gasteiger partial charge in [0, 0.05) is 31.3 Å². The number of esters is 1. The van der Waals surface area contributed by atoms with Crippen molar-refractivity contribution in [2.24, 2.45) is 11.8 Å². The van der Waals surface area contributed by atoms with E-state index in [-0.39, 0.29) is 46.8 Å². The number of aromatic hydroxyl groups is 1. The van der Waals surface area contributed by atoms with Crippen LogP contribution in [0.1, 0.15) is 77.8 Å². The Morgan fingerprint density at radius 2 is 2.00 bits per heavy atom. The standard InChI is InChI=1S/C30H44N2O5/c1-17(2)24(27(34)37-28(3,4)5)31-20-11-12-30(35-6)22-15-19-9-10-21(33)25-23(19)29(30,26(20)36-25)13-14-32(22)16-18-7-8-18/h9-10,17-18,20,22,24,26,31,33H,7-8,11-16H2,1-6H3/t20?,22?,24?,26-,29-,30+/m0/s1. The van der Waals surface area contributed by atoms with Crippen LogP contribution in [0, 0.1) is 11.8 Å². The number of nitrogens with one attached hydrogen (secondary N) is 1. The molecule has 2 N–H and O–H groups in total. The summed E-state index contributed by atoms with van der Waals surface area (Å²) in [5.74, 6) is 1.49. The molecule has 37 heavy (non-hydrogen) atoms. The summed E-state index contributed by atoms with van der Waals surface area (Å²) < 4.78 is 19.3. The summed E-state index contributed by atoms with van der Waals surface area (Å²) in [4.78, 5) is 16.0. The van der Waals surface area contributed by atoms with E-state index in [0.717, 1.165) is 50.3 Å². The Kier molecular flexibility index (Phi) is 5.91. The van der Waals surface area contributed by atoms with Crippen LogP contribution in [0.3, 0.4) is 0 Å². The first kappa shape index (κ1) is 25.4. The number of carbonyl (C=O) groups is 1. The molecular weight excluding hydrogens is 468 g/mol. The van der Waals surface area contributed by atoms with Crippen LogP contribution in [-0.4, -0.2) is 71.6 Å². The molecule has 6 atom stereocenters. The molecule has 2 saturated carbocycles. The lowest BCUT2D eigenvalue weighted by molar-refractivity contribution is -0.208. The third kappa shape index (κ3) is 3.75. The van der Waals surface area contributed by atoms with Crippen molar-refractivity contribution >= 4 is 5.97 Å². The van der Waals surface area contributed by atoms with E-state index < -0.39 is 11.6 Å². The fourth-order valence-corrected chi connectivity index (χ4v) is 8.17. The van der Waals surface area contributed by atoms with Crippen molar-refractivity contribution in [3.63, 3.8) is 0 Å². The molecule has 1 aromatic rings. The SMILES string of the molecule is CO[C@@]12CCC(NC(C(=O)OC(C)(C)C)C(C)C)[C@@H]3Oc4c(O)ccc5c4[C@@]31CCN(CC1CC1)C2C5. The maximum Gasteiger partial charge on any atom is 0.323 e. The maximum atomic E-state index is 13.3. The summed E-state index contributed by atoms with van der Waals surface area (Å²) in [6.07, 6.45) is 6.02. The van der Waals surface area contributed by atoms with Crippen LogP contribution in [0.4, 0.5) is 0 Å². The molecule has 0 aromatic heterocycles. The Hall–Kier alpha value is -1.83. The van der Waals surface area contributed by atoms with E-state index in [4.69, 9.17) is 14.2 Å². The molecular formula is C30H44N2O5. The van der Waals surface area contributed by atoms with Gasteiger partial charge in [0.1, 0.15) is 17.7 Å². The fraction of sp³-hybridized carbons (Fsp3) is 0.767. The average Bonchev–Trinajstić information content (AvgIpc) is 3.57. The number of rotatable bonds is 7. The summed E-state index contributed by atoms with van der Waals surface area (Å²) in [6.45, 7) is 12.0. The van der Waals surface area contributed by atoms with Gasteiger partial charge in [0.2, 0.25) is 0 Å². The summed E-state index contributed by atoms with van der Waals surface area (Å²) >= 11 is 0. The number of hydrogen-bond acceptors (Lipinski definition) is 7. The second-order valence-corrected chi connectivity index (χ2v) is 13.5. The molecule has 2 aliphatic heterocycles. The second kappa shape index (κ2) is 8.59. The molecule has 3 unspecified atom stereocenters. The summed E-state index contributed by atoms with van der Waals surface area (Å²) in [7, 11) is 1.88. The van der Waals surface area contributed by atoms with Crippen molar-refractivity contribution in [2.45, 2.75) is 114 Å². The number of piperidine rings is 1. The molecule has 6 rings (SSSR count). The molecule has 3 fully saturated rings. The number of phenols is 1. The van der Waals surface area contributed by atoms with Crippen molar-refractivity contribution in [2.75, 3.05) is 20.2 Å². The van der Waals surface area contributed by atoms with Crippen LogP contribution in [0.15, 0.2) is 12.1 Å². The van der Waals surface area contributed by atoms with Gasteiger partial charge < -0.3 is 19.3 Å². The fourth-order valence-electron chi connectivity index (χ4n) is 8.17. The Morgan fingerprint density at radius 3 is 2.65 bits per heavy atom. The Morgan fingerprint density at radius 1 is 1.24 bits per heavy atom. The zero-order chi connectivity index (χ0) is 26.3. The van der Waals surface area contributed by atoms with Crippen molar-refractivity contribution in [3.8, 4) is 11.5 Å². The topological polar surface area (TPSA) is 80.3 Å². The van der Waals surface area contributed by atoms with Crippen LogP contribution in [-0.2, 0) is 26.1 Å². The van der Waals surface area contributed by atoms with Crippen LogP contribution < -0.4 is 10.1 Å². The molecule has 7 heteroatoms. The van der Waals surface area contributed by atoms with E-state index in [1.807, 2.05) is 27.9 Å². The highest BCUT2D eigenvalue weighted by molar-refractivity contribution is 5.76. The van der Waals surface area contributed by atoms with Gasteiger partial charge in [0.25, 0.3) is 0 Å². The van der Waals surface area contributed by atoms with Crippen molar-refractivity contribution < 1.29 is 24.1 Å². The summed E-state index contributed by atoms with van der Waals surface area (Å²) in [6, 6.07) is 3.68. The molecule has 1 spiro atoms. The highest BCUT2D eigenvalue weighted by Crippen LogP contribution is 2.66. The van der Waals surface area contributed by atoms with Crippen molar-refractivity contribution in [1.82, 2.24) is 10.2 Å². The minimum Gasteiger partial charge on any atom is -0.504 e. The molecule has 3 aliphatic carbocycles. The quantitative estimate of drug-likeness (QED) is 0.536. The van der Waals surface area contributed by atoms with Gasteiger partial charge in [-0.2, -0.15) is 0 Å². The Balaban J connectivity index is 1.40. The largest absolute Gasteiger partial charge is 0.504 e. The van der Waals surface area contributed by atoms with E-state index in [2.05, 4.69) is 30.1 Å². The average molecular weight is 513 g/mol. The molecule has 0 radical (unpaired) electrons. The third-order valence-corrected chi connectivity index (χ3v) is 9.81. The minimum absolute atomic E-state index is 0.0587. The zero-order valence-corrected chi connectivity index (χ0v) is 23.3. The first-order valence-corrected chi connectivity index (χ1v) is 14.3. The Labute approximate surface area is 221 Å². The van der Waals surface area contributed by atoms with E-state index >= 15 is 0 Å². The van der Waals surface area contributed by atoms with Crippen LogP contribution >= 0.6 is 0 Å². The molecule has 5 aliphatic rings. The van der Waals surface area contributed by atoms with Crippen molar-refractivity contribution in [3.05, 3.63) is 23.3 Å². The molecule has 1 aromatic carbocycles. The zero-order valence-electron chi connectivity index (χ0n) is 23.3. The second-order valence-electron chi connectivity index (χ2n) is 13.5. The highest BCUT2D eigenvalue weighted by atomic mass is 16.6. The van der Waals surface area contributed by atoms with Crippen LogP contribution in [0.5, 0.6) is 11.5 Å². The van der Waals surface area contributed by atoms with Gasteiger partial charge in [-0.3, -0.25) is 15.0 Å². The predicted molar refractivity (Wildman–Crippen MR) is 141 cm³/mol. The molecule has 2 bridgehead atoms. The van der Waals surface area contributed by atoms with Crippen LogP contribution in [0.25, 0.3) is 0 Å². The van der Waals surface area contributed by atoms with Gasteiger partial charge in [-0.15, -0.1) is 0 Å². The maximum absolute atomic E-state index is 13.3. The van der Waals surface area contributed by atoms with E-state index in [1.54, 1.807) is 6.07 Å². The van der Waals surface area contributed by atoms with E-state index in [1.165, 1.54) is 18.4 Å². The first-order valence-electron chi connectivity index (χ1n) is 14.3. The van der Waals surface area contributed by atoms with Gasteiger partial charge in [0.05, 0.1) is 11.0 Å². The lowest BCUT2D eigenvalue weighted by atomic mass is 9.48. The van der Waals surface area contributed by atoms with Gasteiger partial charge >= 0.3 is 5.97 Å². The van der Waals surface area contributed by atoms with Gasteiger partial charge in [0.15, 0.2) is 11.5 Å². The summed E-state index contributed by atoms with van der Waals surface area (Å²) in [5.41, 5.74) is 1.15. The number of carbonyl (C=O) groups excluding carboxylic acids is 1. The Bertz CT molecular complexity index is 1080. The number of ether oxygens (including phenoxy) is 3. The number of likely N-dealkylation sites (tertiary alicyclic amines) is 1. The van der Waals surface area contributed by atoms with Gasteiger partial charge in [-0.25, -0.2) is 0 Å². The first-order chi connectivity index (χ1) is 17.5. The van der Waals surface area contributed by atoms with Crippen molar-refractivity contribution in [1.29, 1.82) is 0 Å². The van der Waals surface area contributed by atoms with E-state index in [0.29, 0.717) is 5.75 Å². The number of phenolic OH excluding ortho intramolecular Hbond substituents is 1. The highest BCUT2D eigenvalue weighted by Gasteiger charge is 2.74. The van der Waals surface area contributed by atoms with Gasteiger partial charge in [-0.1, -0.05) is 19.9 Å².